The fraction of sp³-hybridized carbons (Fsp3) is 0.562. The Morgan fingerprint density at radius 3 is 2.70 bits per heavy atom. The zero-order valence-electron chi connectivity index (χ0n) is 11.9. The van der Waals surface area contributed by atoms with Crippen LogP contribution in [0.4, 0.5) is 5.95 Å². The number of nitrogens with zero attached hydrogens (tertiary/aromatic N) is 3. The van der Waals surface area contributed by atoms with Crippen molar-refractivity contribution >= 4 is 17.0 Å². The number of hydrogen-bond donors (Lipinski definition) is 1. The number of para-hydroxylation sites is 2. The predicted molar refractivity (Wildman–Crippen MR) is 81.6 cm³/mol. The first-order valence-electron chi connectivity index (χ1n) is 7.85. The average molecular weight is 270 g/mol. The third-order valence-electron chi connectivity index (χ3n) is 4.76. The highest BCUT2D eigenvalue weighted by molar-refractivity contribution is 5.78. The maximum absolute atomic E-state index is 4.68. The summed E-state index contributed by atoms with van der Waals surface area (Å²) in [5, 5.41) is 3.50. The number of nitrogens with one attached hydrogen (secondary N) is 1. The molecule has 1 N–H and O–H groups in total. The molecular formula is C16H22N4. The normalized spacial score (nSPS) is 21.4. The summed E-state index contributed by atoms with van der Waals surface area (Å²) in [5.74, 6) is 1.02. The molecule has 0 unspecified atom stereocenters. The van der Waals surface area contributed by atoms with Gasteiger partial charge in [-0.2, -0.15) is 0 Å². The minimum Gasteiger partial charge on any atom is -0.343 e. The summed E-state index contributed by atoms with van der Waals surface area (Å²) in [7, 11) is 0. The second kappa shape index (κ2) is 5.09. The van der Waals surface area contributed by atoms with E-state index in [1.54, 1.807) is 0 Å². The molecule has 1 aliphatic heterocycles. The van der Waals surface area contributed by atoms with Crippen LogP contribution in [0.3, 0.4) is 0 Å². The van der Waals surface area contributed by atoms with Crippen LogP contribution in [0.15, 0.2) is 24.3 Å². The van der Waals surface area contributed by atoms with Gasteiger partial charge in [0.1, 0.15) is 0 Å². The zero-order valence-corrected chi connectivity index (χ0v) is 11.9. The topological polar surface area (TPSA) is 33.1 Å². The molecule has 2 heterocycles. The third-order valence-corrected chi connectivity index (χ3v) is 4.76. The Morgan fingerprint density at radius 1 is 1.05 bits per heavy atom. The van der Waals surface area contributed by atoms with Crippen molar-refractivity contribution in [2.75, 3.05) is 12.0 Å². The molecule has 0 amide bonds. The number of rotatable bonds is 1. The molecule has 4 heteroatoms. The molecule has 0 spiro atoms. The molecule has 1 aromatic carbocycles. The van der Waals surface area contributed by atoms with Crippen molar-refractivity contribution in [2.24, 2.45) is 0 Å². The maximum atomic E-state index is 4.68. The number of imidazole rings is 1. The summed E-state index contributed by atoms with van der Waals surface area (Å²) in [5.41, 5.74) is 2.34. The van der Waals surface area contributed by atoms with Crippen LogP contribution in [0, 0.1) is 0 Å². The quantitative estimate of drug-likeness (QED) is 0.806. The highest BCUT2D eigenvalue weighted by Crippen LogP contribution is 2.27. The molecule has 4 rings (SSSR count). The van der Waals surface area contributed by atoms with Gasteiger partial charge in [0.2, 0.25) is 5.95 Å². The number of benzene rings is 1. The highest BCUT2D eigenvalue weighted by atomic mass is 15.4. The van der Waals surface area contributed by atoms with Gasteiger partial charge in [0.15, 0.2) is 0 Å². The fourth-order valence-corrected chi connectivity index (χ4v) is 3.63. The lowest BCUT2D eigenvalue weighted by Crippen LogP contribution is -2.43. The number of anilines is 1. The molecule has 1 aromatic heterocycles. The Hall–Kier alpha value is -1.55. The van der Waals surface area contributed by atoms with Crippen molar-refractivity contribution in [1.29, 1.82) is 0 Å². The molecule has 0 bridgehead atoms. The van der Waals surface area contributed by atoms with Crippen LogP contribution in [0.2, 0.25) is 0 Å². The van der Waals surface area contributed by atoms with Crippen molar-refractivity contribution in [2.45, 2.75) is 51.2 Å². The van der Waals surface area contributed by atoms with Crippen molar-refractivity contribution in [3.05, 3.63) is 24.3 Å². The summed E-state index contributed by atoms with van der Waals surface area (Å²) in [6.07, 6.45) is 8.30. The van der Waals surface area contributed by atoms with E-state index in [9.17, 15) is 0 Å². The molecular weight excluding hydrogens is 248 g/mol. The summed E-state index contributed by atoms with van der Waals surface area (Å²) in [4.78, 5) is 7.27. The van der Waals surface area contributed by atoms with E-state index in [0.717, 1.165) is 30.8 Å². The SMILES string of the molecule is c1ccc2c(c1)nc1n2CN(C2CCCCCC2)CN1. The van der Waals surface area contributed by atoms with Crippen molar-refractivity contribution in [3.63, 3.8) is 0 Å². The van der Waals surface area contributed by atoms with Crippen molar-refractivity contribution in [1.82, 2.24) is 14.5 Å². The highest BCUT2D eigenvalue weighted by Gasteiger charge is 2.25. The van der Waals surface area contributed by atoms with E-state index in [2.05, 4.69) is 44.0 Å². The van der Waals surface area contributed by atoms with Crippen LogP contribution in [-0.4, -0.2) is 27.2 Å². The summed E-state index contributed by atoms with van der Waals surface area (Å²) in [6.45, 7) is 1.92. The Morgan fingerprint density at radius 2 is 1.85 bits per heavy atom. The van der Waals surface area contributed by atoms with Crippen LogP contribution >= 0.6 is 0 Å². The lowest BCUT2D eigenvalue weighted by atomic mass is 10.1. The van der Waals surface area contributed by atoms with Gasteiger partial charge in [0.05, 0.1) is 24.4 Å². The molecule has 0 saturated heterocycles. The second-order valence-corrected chi connectivity index (χ2v) is 6.06. The molecule has 2 aliphatic rings. The summed E-state index contributed by atoms with van der Waals surface area (Å²) < 4.78 is 2.32. The van der Waals surface area contributed by atoms with E-state index in [4.69, 9.17) is 0 Å². The maximum Gasteiger partial charge on any atom is 0.206 e. The van der Waals surface area contributed by atoms with E-state index < -0.39 is 0 Å². The molecule has 1 aliphatic carbocycles. The monoisotopic (exact) mass is 270 g/mol. The van der Waals surface area contributed by atoms with Gasteiger partial charge in [-0.25, -0.2) is 4.98 Å². The lowest BCUT2D eigenvalue weighted by molar-refractivity contribution is 0.140. The molecule has 2 aromatic rings. The summed E-state index contributed by atoms with van der Waals surface area (Å²) in [6, 6.07) is 9.16. The molecule has 0 atom stereocenters. The molecule has 106 valence electrons. The van der Waals surface area contributed by atoms with Gasteiger partial charge in [0, 0.05) is 6.04 Å². The van der Waals surface area contributed by atoms with Gasteiger partial charge in [0.25, 0.3) is 0 Å². The van der Waals surface area contributed by atoms with E-state index in [-0.39, 0.29) is 0 Å². The predicted octanol–water partition coefficient (Wildman–Crippen LogP) is 3.40. The van der Waals surface area contributed by atoms with Crippen LogP contribution < -0.4 is 5.32 Å². The smallest absolute Gasteiger partial charge is 0.206 e. The van der Waals surface area contributed by atoms with Crippen molar-refractivity contribution in [3.8, 4) is 0 Å². The Kier molecular flexibility index (Phi) is 3.11. The molecule has 0 radical (unpaired) electrons. The van der Waals surface area contributed by atoms with E-state index in [1.807, 2.05) is 0 Å². The Balaban J connectivity index is 1.61. The van der Waals surface area contributed by atoms with Crippen LogP contribution in [0.25, 0.3) is 11.0 Å². The van der Waals surface area contributed by atoms with Crippen LogP contribution in [-0.2, 0) is 6.67 Å². The Labute approximate surface area is 119 Å². The molecule has 20 heavy (non-hydrogen) atoms. The molecule has 1 fully saturated rings. The fourth-order valence-electron chi connectivity index (χ4n) is 3.63. The standard InChI is InChI=1S/C16H22N4/c1-2-4-8-13(7-3-1)19-11-17-16-18-14-9-5-6-10-15(14)20(16)12-19/h5-6,9-10,13H,1-4,7-8,11-12H2,(H,17,18). The Bertz CT molecular complexity index is 596. The number of hydrogen-bond acceptors (Lipinski definition) is 3. The van der Waals surface area contributed by atoms with E-state index >= 15 is 0 Å². The first-order chi connectivity index (χ1) is 9.92. The first kappa shape index (κ1) is 12.2. The van der Waals surface area contributed by atoms with Gasteiger partial charge in [-0.15, -0.1) is 0 Å². The number of aromatic nitrogens is 2. The third kappa shape index (κ3) is 2.08. The largest absolute Gasteiger partial charge is 0.343 e. The van der Waals surface area contributed by atoms with Gasteiger partial charge in [-0.05, 0) is 25.0 Å². The van der Waals surface area contributed by atoms with E-state index in [1.165, 1.54) is 44.0 Å². The van der Waals surface area contributed by atoms with Gasteiger partial charge in [-0.1, -0.05) is 37.8 Å². The first-order valence-corrected chi connectivity index (χ1v) is 7.85. The second-order valence-electron chi connectivity index (χ2n) is 6.06. The minimum atomic E-state index is 0.735. The van der Waals surface area contributed by atoms with Crippen LogP contribution in [0.1, 0.15) is 38.5 Å². The van der Waals surface area contributed by atoms with Gasteiger partial charge in [-0.3, -0.25) is 9.47 Å². The zero-order chi connectivity index (χ0) is 13.4. The minimum absolute atomic E-state index is 0.735. The number of fused-ring (bicyclic) bond motifs is 3. The molecule has 1 saturated carbocycles. The lowest BCUT2D eigenvalue weighted by Gasteiger charge is -2.35. The van der Waals surface area contributed by atoms with Gasteiger partial charge < -0.3 is 5.32 Å². The van der Waals surface area contributed by atoms with E-state index in [0.29, 0.717) is 0 Å². The van der Waals surface area contributed by atoms with Crippen molar-refractivity contribution < 1.29 is 0 Å². The van der Waals surface area contributed by atoms with Gasteiger partial charge >= 0.3 is 0 Å². The molecule has 4 nitrogen and oxygen atoms in total. The summed E-state index contributed by atoms with van der Waals surface area (Å²) >= 11 is 0. The average Bonchev–Trinajstić information content (AvgIpc) is 2.67. The van der Waals surface area contributed by atoms with Crippen LogP contribution in [0.5, 0.6) is 0 Å².